The van der Waals surface area contributed by atoms with E-state index in [0.29, 0.717) is 38.0 Å². The van der Waals surface area contributed by atoms with E-state index in [1.54, 1.807) is 13.8 Å². The molecule has 0 aromatic rings. The molecule has 1 unspecified atom stereocenters. The summed E-state index contributed by atoms with van der Waals surface area (Å²) in [5.41, 5.74) is 0.708. The van der Waals surface area contributed by atoms with Gasteiger partial charge in [0.2, 0.25) is 0 Å². The van der Waals surface area contributed by atoms with E-state index in [1.165, 1.54) is 6.08 Å². The van der Waals surface area contributed by atoms with Crippen LogP contribution in [0.1, 0.15) is 78.6 Å². The molecule has 0 amide bonds. The second-order valence-electron chi connectivity index (χ2n) is 10.2. The molecule has 2 aliphatic rings. The van der Waals surface area contributed by atoms with Crippen LogP contribution < -0.4 is 0 Å². The number of hydrogen-bond acceptors (Lipinski definition) is 8. The molecule has 4 N–H and O–H groups in total. The maximum Gasteiger partial charge on any atom is 0.330 e. The summed E-state index contributed by atoms with van der Waals surface area (Å²) in [5, 5.41) is 39.5. The predicted molar refractivity (Wildman–Crippen MR) is 129 cm³/mol. The van der Waals surface area contributed by atoms with Gasteiger partial charge < -0.3 is 34.6 Å². The van der Waals surface area contributed by atoms with Crippen LogP contribution in [0.2, 0.25) is 0 Å². The number of aliphatic hydroxyl groups excluding tert-OH is 3. The highest BCUT2D eigenvalue weighted by molar-refractivity contribution is 5.82. The fraction of sp³-hybridized carbons (Fsp3) is 0.846. The van der Waals surface area contributed by atoms with Crippen LogP contribution in [0.25, 0.3) is 0 Å². The first-order valence-corrected chi connectivity index (χ1v) is 13.0. The average Bonchev–Trinajstić information content (AvgIpc) is 3.55. The van der Waals surface area contributed by atoms with Crippen molar-refractivity contribution < 1.29 is 44.2 Å². The first kappa shape index (κ1) is 29.7. The Hall–Kier alpha value is -1.52. The lowest BCUT2D eigenvalue weighted by Crippen LogP contribution is -2.50. The fourth-order valence-electron chi connectivity index (χ4n) is 4.59. The number of ether oxygens (including phenoxy) is 3. The smallest absolute Gasteiger partial charge is 0.330 e. The Kier molecular flexibility index (Phi) is 12.6. The Morgan fingerprint density at radius 2 is 1.69 bits per heavy atom. The van der Waals surface area contributed by atoms with Crippen molar-refractivity contribution in [3.8, 4) is 0 Å². The largest absolute Gasteiger partial charge is 0.481 e. The molecular weight excluding hydrogens is 456 g/mol. The number of unbranched alkanes of at least 4 members (excludes halogenated alkanes) is 5. The minimum atomic E-state index is -1.06. The van der Waals surface area contributed by atoms with Crippen LogP contribution in [0.15, 0.2) is 11.6 Å². The number of epoxide rings is 1. The maximum absolute atomic E-state index is 12.1. The maximum atomic E-state index is 12.1. The third-order valence-electron chi connectivity index (χ3n) is 7.09. The summed E-state index contributed by atoms with van der Waals surface area (Å²) >= 11 is 0. The van der Waals surface area contributed by atoms with Gasteiger partial charge in [0.1, 0.15) is 6.10 Å². The quantitative estimate of drug-likeness (QED) is 0.109. The number of rotatable bonds is 16. The average molecular weight is 501 g/mol. The highest BCUT2D eigenvalue weighted by atomic mass is 16.6. The lowest BCUT2D eigenvalue weighted by Gasteiger charge is -2.38. The molecule has 2 heterocycles. The summed E-state index contributed by atoms with van der Waals surface area (Å²) in [6.07, 6.45) is 4.61. The molecule has 8 atom stereocenters. The molecule has 0 radical (unpaired) electrons. The topological polar surface area (TPSA) is 146 Å². The van der Waals surface area contributed by atoms with Crippen LogP contribution >= 0.6 is 0 Å². The first-order chi connectivity index (χ1) is 16.6. The van der Waals surface area contributed by atoms with E-state index in [9.17, 15) is 24.9 Å². The van der Waals surface area contributed by atoms with Gasteiger partial charge in [0.15, 0.2) is 0 Å². The van der Waals surface area contributed by atoms with Gasteiger partial charge in [-0.25, -0.2) is 4.79 Å². The van der Waals surface area contributed by atoms with Gasteiger partial charge >= 0.3 is 11.9 Å². The van der Waals surface area contributed by atoms with Crippen molar-refractivity contribution in [3.05, 3.63) is 11.6 Å². The van der Waals surface area contributed by atoms with Crippen molar-refractivity contribution in [3.63, 3.8) is 0 Å². The van der Waals surface area contributed by atoms with Crippen LogP contribution in [0.5, 0.6) is 0 Å². The highest BCUT2D eigenvalue weighted by Gasteiger charge is 2.48. The van der Waals surface area contributed by atoms with E-state index >= 15 is 0 Å². The number of carbonyl (C=O) groups is 2. The second kappa shape index (κ2) is 14.9. The van der Waals surface area contributed by atoms with Crippen molar-refractivity contribution in [1.82, 2.24) is 0 Å². The highest BCUT2D eigenvalue weighted by Crippen LogP contribution is 2.38. The molecule has 9 nitrogen and oxygen atoms in total. The van der Waals surface area contributed by atoms with Crippen LogP contribution in [0.3, 0.4) is 0 Å². The summed E-state index contributed by atoms with van der Waals surface area (Å²) in [4.78, 5) is 22.5. The normalized spacial score (nSPS) is 30.5. The zero-order valence-electron chi connectivity index (χ0n) is 21.3. The molecule has 0 bridgehead atoms. The zero-order chi connectivity index (χ0) is 26.0. The molecule has 202 valence electrons. The molecule has 0 spiro atoms. The van der Waals surface area contributed by atoms with Crippen molar-refractivity contribution in [2.75, 3.05) is 13.2 Å². The number of carbonyl (C=O) groups excluding carboxylic acids is 1. The molecule has 0 aromatic heterocycles. The number of aliphatic carboxylic acids is 1. The SMILES string of the molecule is C/C(=C\C(=O)OCCCCCCCCC(=O)O)C[C@@H]1OC[C@H](C[C@@H]2O[C@H]2[C@@H](C)C(C)O)[C@@H](O)[C@H]1O. The number of esters is 1. The molecule has 0 aromatic carbocycles. The summed E-state index contributed by atoms with van der Waals surface area (Å²) in [6, 6.07) is 0. The van der Waals surface area contributed by atoms with Gasteiger partial charge in [0.25, 0.3) is 0 Å². The molecule has 2 fully saturated rings. The van der Waals surface area contributed by atoms with E-state index in [-0.39, 0.29) is 30.5 Å². The van der Waals surface area contributed by atoms with Crippen LogP contribution in [0, 0.1) is 11.8 Å². The third-order valence-corrected chi connectivity index (χ3v) is 7.09. The van der Waals surface area contributed by atoms with E-state index in [0.717, 1.165) is 32.1 Å². The molecule has 2 rings (SSSR count). The Labute approximate surface area is 208 Å². The summed E-state index contributed by atoms with van der Waals surface area (Å²) in [5.74, 6) is -1.42. The van der Waals surface area contributed by atoms with Crippen LogP contribution in [-0.2, 0) is 23.8 Å². The van der Waals surface area contributed by atoms with Gasteiger partial charge in [-0.2, -0.15) is 0 Å². The van der Waals surface area contributed by atoms with Gasteiger partial charge in [-0.15, -0.1) is 0 Å². The van der Waals surface area contributed by atoms with E-state index in [4.69, 9.17) is 19.3 Å². The van der Waals surface area contributed by atoms with Gasteiger partial charge in [-0.05, 0) is 39.5 Å². The molecule has 0 aliphatic carbocycles. The Morgan fingerprint density at radius 3 is 2.34 bits per heavy atom. The molecule has 9 heteroatoms. The second-order valence-corrected chi connectivity index (χ2v) is 10.2. The van der Waals surface area contributed by atoms with E-state index < -0.39 is 36.4 Å². The van der Waals surface area contributed by atoms with Crippen molar-refractivity contribution >= 4 is 11.9 Å². The molecular formula is C26H44O9. The monoisotopic (exact) mass is 500 g/mol. The number of carboxylic acids is 1. The van der Waals surface area contributed by atoms with Gasteiger partial charge in [-0.3, -0.25) is 4.79 Å². The van der Waals surface area contributed by atoms with Gasteiger partial charge in [-0.1, -0.05) is 38.2 Å². The van der Waals surface area contributed by atoms with Crippen LogP contribution in [-0.4, -0.2) is 82.2 Å². The minimum Gasteiger partial charge on any atom is -0.481 e. The summed E-state index contributed by atoms with van der Waals surface area (Å²) in [7, 11) is 0. The van der Waals surface area contributed by atoms with Gasteiger partial charge in [0, 0.05) is 24.3 Å². The van der Waals surface area contributed by atoms with Crippen molar-refractivity contribution in [1.29, 1.82) is 0 Å². The van der Waals surface area contributed by atoms with Crippen molar-refractivity contribution in [2.24, 2.45) is 11.8 Å². The van der Waals surface area contributed by atoms with E-state index in [2.05, 4.69) is 0 Å². The third kappa shape index (κ3) is 10.6. The fourth-order valence-corrected chi connectivity index (χ4v) is 4.59. The molecule has 0 saturated carbocycles. The zero-order valence-corrected chi connectivity index (χ0v) is 21.3. The van der Waals surface area contributed by atoms with E-state index in [1.807, 2.05) is 6.92 Å². The Bertz CT molecular complexity index is 692. The first-order valence-electron chi connectivity index (χ1n) is 13.0. The molecule has 2 aliphatic heterocycles. The Morgan fingerprint density at radius 1 is 1.03 bits per heavy atom. The number of aliphatic hydroxyl groups is 3. The number of carboxylic acid groups (broad SMARTS) is 1. The lowest BCUT2D eigenvalue weighted by molar-refractivity contribution is -0.165. The van der Waals surface area contributed by atoms with Crippen molar-refractivity contribution in [2.45, 2.75) is 115 Å². The van der Waals surface area contributed by atoms with Gasteiger partial charge in [0.05, 0.1) is 43.7 Å². The molecule has 2 saturated heterocycles. The summed E-state index contributed by atoms with van der Waals surface area (Å²) in [6.45, 7) is 6.07. The Balaban J connectivity index is 1.62. The number of hydrogen-bond donors (Lipinski definition) is 4. The minimum absolute atomic E-state index is 0.0160. The standard InChI is InChI=1S/C26H44O9/c1-16(13-23(30)33-11-9-7-5-4-6-8-10-22(28)29)12-20-25(32)24(31)19(15-34-20)14-21-26(35-21)17(2)18(3)27/h13,17-21,24-27,31-32H,4-12,14-15H2,1-3H3,(H,28,29)/b16-13+/t17-,18?,19-,20-,21-,24+,25-,26-/m0/s1. The molecule has 35 heavy (non-hydrogen) atoms. The lowest BCUT2D eigenvalue weighted by atomic mass is 9.85. The summed E-state index contributed by atoms with van der Waals surface area (Å²) < 4.78 is 16.7. The van der Waals surface area contributed by atoms with Crippen LogP contribution in [0.4, 0.5) is 0 Å². The predicted octanol–water partition coefficient (Wildman–Crippen LogP) is 2.59.